The number of aryl methyl sites for hydroxylation is 2. The van der Waals surface area contributed by atoms with Gasteiger partial charge in [-0.25, -0.2) is 4.98 Å². The third kappa shape index (κ3) is 4.06. The summed E-state index contributed by atoms with van der Waals surface area (Å²) >= 11 is 0. The number of anilines is 2. The fourth-order valence-corrected chi connectivity index (χ4v) is 4.40. The average molecular weight is 427 g/mol. The maximum Gasteiger partial charge on any atom is 0.275 e. The normalized spacial score (nSPS) is 16.3. The van der Waals surface area contributed by atoms with Gasteiger partial charge in [-0.15, -0.1) is 0 Å². The molecule has 5 rings (SSSR count). The summed E-state index contributed by atoms with van der Waals surface area (Å²) in [7, 11) is 0. The topological polar surface area (TPSA) is 86.8 Å². The van der Waals surface area contributed by atoms with Crippen molar-refractivity contribution < 1.29 is 4.79 Å². The lowest BCUT2D eigenvalue weighted by Gasteiger charge is -2.32. The molecular formula is C25H26N6O. The van der Waals surface area contributed by atoms with Crippen LogP contribution in [0, 0.1) is 13.8 Å². The zero-order valence-corrected chi connectivity index (χ0v) is 18.3. The second-order valence-electron chi connectivity index (χ2n) is 8.47. The van der Waals surface area contributed by atoms with Gasteiger partial charge in [-0.1, -0.05) is 17.7 Å². The number of pyridine rings is 2. The minimum absolute atomic E-state index is 0.0222. The first-order chi connectivity index (χ1) is 15.6. The van der Waals surface area contributed by atoms with Crippen LogP contribution in [0.25, 0.3) is 10.9 Å². The van der Waals surface area contributed by atoms with Crippen molar-refractivity contribution in [1.82, 2.24) is 25.1 Å². The Morgan fingerprint density at radius 2 is 2.06 bits per heavy atom. The van der Waals surface area contributed by atoms with Crippen LogP contribution in [0.2, 0.25) is 0 Å². The first-order valence-electron chi connectivity index (χ1n) is 11.0. The standard InChI is InChI=1S/C25H26N6O/c1-16-8-9-21-20(12-16)24(30-29-21)25(32)31-11-5-6-18(15-31)22-14-19(13-17(2)27-22)28-23-7-3-4-10-26-23/h3-4,7-10,12-14,18H,5-6,11,15H2,1-2H3,(H,29,30)(H,26,27,28)/t18-/m1/s1. The Morgan fingerprint density at radius 1 is 1.16 bits per heavy atom. The molecule has 0 radical (unpaired) electrons. The number of hydrogen-bond donors (Lipinski definition) is 2. The first kappa shape index (κ1) is 20.2. The van der Waals surface area contributed by atoms with Crippen molar-refractivity contribution in [3.8, 4) is 0 Å². The molecule has 1 fully saturated rings. The van der Waals surface area contributed by atoms with Crippen molar-refractivity contribution in [3.05, 3.63) is 77.4 Å². The SMILES string of the molecule is Cc1ccc2[nH]nc(C(=O)N3CCC[C@@H](c4cc(Nc5ccccn5)cc(C)n4)C3)c2c1. The number of H-pyrrole nitrogens is 1. The van der Waals surface area contributed by atoms with Crippen molar-refractivity contribution in [2.45, 2.75) is 32.6 Å². The lowest BCUT2D eigenvalue weighted by molar-refractivity contribution is 0.0702. The van der Waals surface area contributed by atoms with Crippen LogP contribution in [0.5, 0.6) is 0 Å². The van der Waals surface area contributed by atoms with E-state index in [9.17, 15) is 4.79 Å². The second kappa shape index (κ2) is 8.42. The largest absolute Gasteiger partial charge is 0.340 e. The molecule has 1 atom stereocenters. The molecule has 32 heavy (non-hydrogen) atoms. The highest BCUT2D eigenvalue weighted by molar-refractivity contribution is 6.04. The lowest BCUT2D eigenvalue weighted by atomic mass is 9.93. The molecule has 4 heterocycles. The summed E-state index contributed by atoms with van der Waals surface area (Å²) < 4.78 is 0. The van der Waals surface area contributed by atoms with Crippen molar-refractivity contribution in [3.63, 3.8) is 0 Å². The Bertz CT molecular complexity index is 1270. The van der Waals surface area contributed by atoms with Crippen molar-refractivity contribution in [1.29, 1.82) is 0 Å². The van der Waals surface area contributed by atoms with Crippen LogP contribution >= 0.6 is 0 Å². The number of fused-ring (bicyclic) bond motifs is 1. The molecule has 3 aromatic heterocycles. The molecule has 0 bridgehead atoms. The van der Waals surface area contributed by atoms with Gasteiger partial charge in [0.25, 0.3) is 5.91 Å². The zero-order valence-electron chi connectivity index (χ0n) is 18.3. The number of amides is 1. The summed E-state index contributed by atoms with van der Waals surface area (Å²) in [5, 5.41) is 11.6. The Balaban J connectivity index is 1.38. The smallest absolute Gasteiger partial charge is 0.275 e. The quantitative estimate of drug-likeness (QED) is 0.492. The third-order valence-electron chi connectivity index (χ3n) is 5.96. The molecule has 2 N–H and O–H groups in total. The van der Waals surface area contributed by atoms with E-state index in [0.717, 1.165) is 58.7 Å². The molecule has 1 aliphatic heterocycles. The molecule has 7 nitrogen and oxygen atoms in total. The van der Waals surface area contributed by atoms with E-state index in [1.807, 2.05) is 61.2 Å². The van der Waals surface area contributed by atoms with Gasteiger partial charge in [0.1, 0.15) is 5.82 Å². The van der Waals surface area contributed by atoms with Gasteiger partial charge in [0.05, 0.1) is 5.52 Å². The zero-order chi connectivity index (χ0) is 22.1. The van der Waals surface area contributed by atoms with Gasteiger partial charge in [0.15, 0.2) is 5.69 Å². The van der Waals surface area contributed by atoms with E-state index < -0.39 is 0 Å². The Labute approximate surface area is 186 Å². The summed E-state index contributed by atoms with van der Waals surface area (Å²) in [5.41, 5.74) is 5.41. The van der Waals surface area contributed by atoms with Crippen LogP contribution in [0.4, 0.5) is 11.5 Å². The highest BCUT2D eigenvalue weighted by Crippen LogP contribution is 2.30. The molecule has 0 aliphatic carbocycles. The van der Waals surface area contributed by atoms with Crippen molar-refractivity contribution in [2.75, 3.05) is 18.4 Å². The molecule has 1 saturated heterocycles. The molecule has 1 aliphatic rings. The van der Waals surface area contributed by atoms with Crippen LogP contribution < -0.4 is 5.32 Å². The van der Waals surface area contributed by atoms with Crippen molar-refractivity contribution >= 4 is 28.3 Å². The molecule has 4 aromatic rings. The first-order valence-corrected chi connectivity index (χ1v) is 11.0. The molecule has 1 amide bonds. The highest BCUT2D eigenvalue weighted by Gasteiger charge is 2.28. The summed E-state index contributed by atoms with van der Waals surface area (Å²) in [5.74, 6) is 0.958. The highest BCUT2D eigenvalue weighted by atomic mass is 16.2. The predicted octanol–water partition coefficient (Wildman–Crippen LogP) is 4.73. The fraction of sp³-hybridized carbons (Fsp3) is 0.280. The van der Waals surface area contributed by atoms with Gasteiger partial charge in [-0.05, 0) is 63.1 Å². The van der Waals surface area contributed by atoms with Gasteiger partial charge < -0.3 is 10.2 Å². The minimum Gasteiger partial charge on any atom is -0.340 e. The number of rotatable bonds is 4. The van der Waals surface area contributed by atoms with E-state index in [1.54, 1.807) is 6.20 Å². The fourth-order valence-electron chi connectivity index (χ4n) is 4.40. The van der Waals surface area contributed by atoms with Crippen LogP contribution in [-0.4, -0.2) is 44.1 Å². The van der Waals surface area contributed by atoms with E-state index in [1.165, 1.54) is 0 Å². The number of aromatic amines is 1. The van der Waals surface area contributed by atoms with Gasteiger partial charge in [0, 0.05) is 47.7 Å². The molecule has 1 aromatic carbocycles. The summed E-state index contributed by atoms with van der Waals surface area (Å²) in [6.45, 7) is 5.40. The van der Waals surface area contributed by atoms with E-state index in [4.69, 9.17) is 4.98 Å². The number of hydrogen-bond acceptors (Lipinski definition) is 5. The number of nitrogens with one attached hydrogen (secondary N) is 2. The maximum atomic E-state index is 13.3. The minimum atomic E-state index is -0.0222. The summed E-state index contributed by atoms with van der Waals surface area (Å²) in [4.78, 5) is 24.4. The Hall–Kier alpha value is -3.74. The molecular weight excluding hydrogens is 400 g/mol. The maximum absolute atomic E-state index is 13.3. The van der Waals surface area contributed by atoms with Crippen LogP contribution in [0.3, 0.4) is 0 Å². The Kier molecular flexibility index (Phi) is 5.31. The van der Waals surface area contributed by atoms with Crippen LogP contribution in [0.15, 0.2) is 54.7 Å². The number of carbonyl (C=O) groups excluding carboxylic acids is 1. The Morgan fingerprint density at radius 3 is 2.91 bits per heavy atom. The molecule has 0 saturated carbocycles. The van der Waals surface area contributed by atoms with E-state index in [2.05, 4.69) is 26.6 Å². The second-order valence-corrected chi connectivity index (χ2v) is 8.47. The van der Waals surface area contributed by atoms with E-state index >= 15 is 0 Å². The lowest BCUT2D eigenvalue weighted by Crippen LogP contribution is -2.39. The van der Waals surface area contributed by atoms with Crippen molar-refractivity contribution in [2.24, 2.45) is 0 Å². The van der Waals surface area contributed by atoms with Gasteiger partial charge in [-0.3, -0.25) is 14.9 Å². The number of aromatic nitrogens is 4. The molecule has 0 unspecified atom stereocenters. The number of benzene rings is 1. The number of nitrogens with zero attached hydrogens (tertiary/aromatic N) is 4. The third-order valence-corrected chi connectivity index (χ3v) is 5.96. The molecule has 0 spiro atoms. The molecule has 162 valence electrons. The summed E-state index contributed by atoms with van der Waals surface area (Å²) in [6.07, 6.45) is 3.71. The molecule has 7 heteroatoms. The number of likely N-dealkylation sites (tertiary alicyclic amines) is 1. The van der Waals surface area contributed by atoms with Gasteiger partial charge in [-0.2, -0.15) is 5.10 Å². The average Bonchev–Trinajstić information content (AvgIpc) is 3.22. The van der Waals surface area contributed by atoms with Gasteiger partial charge in [0.2, 0.25) is 0 Å². The predicted molar refractivity (Wildman–Crippen MR) is 125 cm³/mol. The number of carbonyl (C=O) groups is 1. The van der Waals surface area contributed by atoms with Gasteiger partial charge >= 0.3 is 0 Å². The van der Waals surface area contributed by atoms with Crippen LogP contribution in [-0.2, 0) is 0 Å². The van der Waals surface area contributed by atoms with E-state index in [-0.39, 0.29) is 11.8 Å². The summed E-state index contributed by atoms with van der Waals surface area (Å²) in [6, 6.07) is 15.9. The number of piperidine rings is 1. The van der Waals surface area contributed by atoms with E-state index in [0.29, 0.717) is 12.2 Å². The van der Waals surface area contributed by atoms with Crippen LogP contribution in [0.1, 0.15) is 46.2 Å². The monoisotopic (exact) mass is 426 g/mol.